The minimum absolute atomic E-state index is 0.192. The molecule has 2 aromatic rings. The third-order valence-electron chi connectivity index (χ3n) is 3.60. The number of carboxylic acid groups (broad SMARTS) is 1. The van der Waals surface area contributed by atoms with E-state index in [0.717, 1.165) is 0 Å². The van der Waals surface area contributed by atoms with Crippen molar-refractivity contribution in [3.8, 4) is 11.5 Å². The Morgan fingerprint density at radius 2 is 1.70 bits per heavy atom. The molecule has 5 nitrogen and oxygen atoms in total. The van der Waals surface area contributed by atoms with Gasteiger partial charge in [-0.25, -0.2) is 4.79 Å². The second kappa shape index (κ2) is 6.96. The third kappa shape index (κ3) is 3.51. The standard InChI is InChI=1S/C18H19NO4/c1-3-18(17(21)22,19-13(2)20)15-11-7-8-12-16(15)23-14-9-5-4-6-10-14/h4-12H,3H2,1-2H3,(H,19,20)(H,21,22). The van der Waals surface area contributed by atoms with Crippen LogP contribution in [0.1, 0.15) is 25.8 Å². The van der Waals surface area contributed by atoms with E-state index in [9.17, 15) is 14.7 Å². The van der Waals surface area contributed by atoms with Gasteiger partial charge in [0.2, 0.25) is 5.91 Å². The minimum atomic E-state index is -1.53. The number of carboxylic acids is 1. The Balaban J connectivity index is 2.52. The van der Waals surface area contributed by atoms with Gasteiger partial charge in [0, 0.05) is 12.5 Å². The average molecular weight is 313 g/mol. The zero-order valence-electron chi connectivity index (χ0n) is 13.1. The smallest absolute Gasteiger partial charge is 0.334 e. The Hall–Kier alpha value is -2.82. The summed E-state index contributed by atoms with van der Waals surface area (Å²) in [6.45, 7) is 3.01. The molecule has 0 radical (unpaired) electrons. The quantitative estimate of drug-likeness (QED) is 0.858. The van der Waals surface area contributed by atoms with E-state index in [-0.39, 0.29) is 6.42 Å². The number of carbonyl (C=O) groups excluding carboxylic acids is 1. The molecule has 0 heterocycles. The van der Waals surface area contributed by atoms with Crippen LogP contribution in [0, 0.1) is 0 Å². The van der Waals surface area contributed by atoms with Crippen molar-refractivity contribution in [3.05, 3.63) is 60.2 Å². The topological polar surface area (TPSA) is 75.6 Å². The maximum Gasteiger partial charge on any atom is 0.334 e. The first-order valence-corrected chi connectivity index (χ1v) is 7.34. The molecule has 2 rings (SSSR count). The third-order valence-corrected chi connectivity index (χ3v) is 3.60. The first-order valence-electron chi connectivity index (χ1n) is 7.34. The van der Waals surface area contributed by atoms with Gasteiger partial charge in [-0.3, -0.25) is 4.79 Å². The van der Waals surface area contributed by atoms with Gasteiger partial charge in [0.25, 0.3) is 0 Å². The Bertz CT molecular complexity index is 699. The van der Waals surface area contributed by atoms with Crippen LogP contribution in [0.4, 0.5) is 0 Å². The van der Waals surface area contributed by atoms with E-state index in [1.807, 2.05) is 18.2 Å². The summed E-state index contributed by atoms with van der Waals surface area (Å²) in [5, 5.41) is 12.3. The zero-order chi connectivity index (χ0) is 16.9. The molecule has 1 amide bonds. The van der Waals surface area contributed by atoms with Crippen LogP contribution in [0.25, 0.3) is 0 Å². The van der Waals surface area contributed by atoms with Crippen molar-refractivity contribution in [1.29, 1.82) is 0 Å². The summed E-state index contributed by atoms with van der Waals surface area (Å²) in [7, 11) is 0. The van der Waals surface area contributed by atoms with Gasteiger partial charge in [0.05, 0.1) is 0 Å². The van der Waals surface area contributed by atoms with Crippen LogP contribution in [-0.2, 0) is 15.1 Å². The normalized spacial score (nSPS) is 13.0. The van der Waals surface area contributed by atoms with Crippen LogP contribution in [0.5, 0.6) is 11.5 Å². The number of aliphatic carboxylic acids is 1. The molecule has 0 bridgehead atoms. The molecule has 120 valence electrons. The molecule has 2 aromatic carbocycles. The summed E-state index contributed by atoms with van der Waals surface area (Å²) in [5.41, 5.74) is -1.12. The van der Waals surface area contributed by atoms with Crippen molar-refractivity contribution in [3.63, 3.8) is 0 Å². The van der Waals surface area contributed by atoms with E-state index in [2.05, 4.69) is 5.32 Å². The largest absolute Gasteiger partial charge is 0.479 e. The highest BCUT2D eigenvalue weighted by atomic mass is 16.5. The molecule has 0 aliphatic rings. The van der Waals surface area contributed by atoms with Crippen molar-refractivity contribution in [2.75, 3.05) is 0 Å². The second-order valence-electron chi connectivity index (χ2n) is 5.16. The maximum atomic E-state index is 11.9. The summed E-state index contributed by atoms with van der Waals surface area (Å²) in [6, 6.07) is 15.9. The van der Waals surface area contributed by atoms with E-state index < -0.39 is 17.4 Å². The molecule has 0 aromatic heterocycles. The Labute approximate surface area is 134 Å². The van der Waals surface area contributed by atoms with Crippen molar-refractivity contribution in [1.82, 2.24) is 5.32 Å². The van der Waals surface area contributed by atoms with Crippen LogP contribution in [0.2, 0.25) is 0 Å². The lowest BCUT2D eigenvalue weighted by atomic mass is 9.86. The Morgan fingerprint density at radius 1 is 1.09 bits per heavy atom. The number of benzene rings is 2. The van der Waals surface area contributed by atoms with E-state index >= 15 is 0 Å². The Morgan fingerprint density at radius 3 is 2.26 bits per heavy atom. The van der Waals surface area contributed by atoms with Gasteiger partial charge in [-0.15, -0.1) is 0 Å². The lowest BCUT2D eigenvalue weighted by molar-refractivity contribution is -0.148. The summed E-state index contributed by atoms with van der Waals surface area (Å²) in [4.78, 5) is 23.5. The summed E-state index contributed by atoms with van der Waals surface area (Å²) < 4.78 is 5.83. The number of ether oxygens (including phenoxy) is 1. The SMILES string of the molecule is CCC(NC(C)=O)(C(=O)O)c1ccccc1Oc1ccccc1. The molecule has 0 saturated carbocycles. The second-order valence-corrected chi connectivity index (χ2v) is 5.16. The first-order chi connectivity index (χ1) is 11.0. The molecule has 2 N–H and O–H groups in total. The molecule has 1 atom stereocenters. The van der Waals surface area contributed by atoms with Gasteiger partial charge < -0.3 is 15.2 Å². The molecule has 0 aliphatic carbocycles. The summed E-state index contributed by atoms with van der Waals surface area (Å²) >= 11 is 0. The zero-order valence-corrected chi connectivity index (χ0v) is 13.1. The number of para-hydroxylation sites is 2. The maximum absolute atomic E-state index is 11.9. The lowest BCUT2D eigenvalue weighted by Gasteiger charge is -2.30. The Kier molecular flexibility index (Phi) is 5.01. The molecule has 0 aliphatic heterocycles. The number of carbonyl (C=O) groups is 2. The predicted molar refractivity (Wildman–Crippen MR) is 86.4 cm³/mol. The summed E-state index contributed by atoms with van der Waals surface area (Å²) in [5.74, 6) is -0.544. The fourth-order valence-electron chi connectivity index (χ4n) is 2.49. The molecule has 0 saturated heterocycles. The average Bonchev–Trinajstić information content (AvgIpc) is 2.54. The van der Waals surface area contributed by atoms with Crippen LogP contribution in [-0.4, -0.2) is 17.0 Å². The number of hydrogen-bond donors (Lipinski definition) is 2. The van der Waals surface area contributed by atoms with Crippen molar-refractivity contribution in [2.45, 2.75) is 25.8 Å². The van der Waals surface area contributed by atoms with Crippen LogP contribution in [0.3, 0.4) is 0 Å². The number of hydrogen-bond acceptors (Lipinski definition) is 3. The fraction of sp³-hybridized carbons (Fsp3) is 0.222. The molecule has 23 heavy (non-hydrogen) atoms. The molecule has 0 spiro atoms. The minimum Gasteiger partial charge on any atom is -0.479 e. The molecule has 0 fully saturated rings. The van der Waals surface area contributed by atoms with Gasteiger partial charge in [-0.05, 0) is 24.6 Å². The molecule has 5 heteroatoms. The van der Waals surface area contributed by atoms with Crippen molar-refractivity contribution in [2.24, 2.45) is 0 Å². The van der Waals surface area contributed by atoms with Gasteiger partial charge in [-0.2, -0.15) is 0 Å². The highest BCUT2D eigenvalue weighted by Crippen LogP contribution is 2.35. The van der Waals surface area contributed by atoms with E-state index in [1.54, 1.807) is 43.3 Å². The van der Waals surface area contributed by atoms with E-state index in [1.165, 1.54) is 6.92 Å². The number of rotatable bonds is 6. The van der Waals surface area contributed by atoms with Crippen LogP contribution >= 0.6 is 0 Å². The van der Waals surface area contributed by atoms with E-state index in [0.29, 0.717) is 17.1 Å². The van der Waals surface area contributed by atoms with Crippen molar-refractivity contribution < 1.29 is 19.4 Å². The predicted octanol–water partition coefficient (Wildman–Crippen LogP) is 3.30. The number of nitrogens with one attached hydrogen (secondary N) is 1. The lowest BCUT2D eigenvalue weighted by Crippen LogP contribution is -2.51. The van der Waals surface area contributed by atoms with Crippen molar-refractivity contribution >= 4 is 11.9 Å². The molecular formula is C18H19NO4. The molecular weight excluding hydrogens is 294 g/mol. The first kappa shape index (κ1) is 16.5. The monoisotopic (exact) mass is 313 g/mol. The van der Waals surface area contributed by atoms with Gasteiger partial charge >= 0.3 is 5.97 Å². The van der Waals surface area contributed by atoms with Crippen LogP contribution < -0.4 is 10.1 Å². The van der Waals surface area contributed by atoms with Gasteiger partial charge in [0.15, 0.2) is 5.54 Å². The highest BCUT2D eigenvalue weighted by molar-refractivity contribution is 5.88. The van der Waals surface area contributed by atoms with Gasteiger partial charge in [-0.1, -0.05) is 43.3 Å². The van der Waals surface area contributed by atoms with Crippen LogP contribution in [0.15, 0.2) is 54.6 Å². The molecule has 1 unspecified atom stereocenters. The highest BCUT2D eigenvalue weighted by Gasteiger charge is 2.41. The van der Waals surface area contributed by atoms with Gasteiger partial charge in [0.1, 0.15) is 11.5 Å². The number of amides is 1. The fourth-order valence-corrected chi connectivity index (χ4v) is 2.49. The van der Waals surface area contributed by atoms with E-state index in [4.69, 9.17) is 4.74 Å². The summed E-state index contributed by atoms with van der Waals surface area (Å²) in [6.07, 6.45) is 0.192.